The molecule has 0 unspecified atom stereocenters. The molecule has 0 amide bonds. The lowest BCUT2D eigenvalue weighted by molar-refractivity contribution is 0.223. The van der Waals surface area contributed by atoms with Crippen LogP contribution in [0.25, 0.3) is 22.0 Å². The Balaban J connectivity index is 1.42. The lowest BCUT2D eigenvalue weighted by Crippen LogP contribution is -2.27. The zero-order chi connectivity index (χ0) is 27.7. The van der Waals surface area contributed by atoms with Crippen LogP contribution in [0.2, 0.25) is 0 Å². The van der Waals surface area contributed by atoms with E-state index >= 15 is 0 Å². The van der Waals surface area contributed by atoms with Crippen molar-refractivity contribution in [1.29, 1.82) is 0 Å². The maximum atomic E-state index is 5.92. The van der Waals surface area contributed by atoms with E-state index in [0.717, 1.165) is 58.8 Å². The molecule has 2 N–H and O–H groups in total. The zero-order valence-electron chi connectivity index (χ0n) is 23.1. The van der Waals surface area contributed by atoms with Gasteiger partial charge in [0.2, 0.25) is 5.95 Å². The molecule has 0 fully saturated rings. The van der Waals surface area contributed by atoms with Crippen molar-refractivity contribution in [2.24, 2.45) is 0 Å². The first-order chi connectivity index (χ1) is 19.7. The van der Waals surface area contributed by atoms with Crippen molar-refractivity contribution in [3.8, 4) is 22.6 Å². The summed E-state index contributed by atoms with van der Waals surface area (Å²) < 4.78 is 11.5. The Bertz CT molecular complexity index is 1550. The van der Waals surface area contributed by atoms with Gasteiger partial charge in [-0.3, -0.25) is 4.98 Å². The highest BCUT2D eigenvalue weighted by atomic mass is 16.5. The molecule has 8 heteroatoms. The molecule has 3 aromatic carbocycles. The van der Waals surface area contributed by atoms with Crippen molar-refractivity contribution in [2.75, 3.05) is 44.0 Å². The number of nitrogens with one attached hydrogen (secondary N) is 2. The Labute approximate surface area is 235 Å². The summed E-state index contributed by atoms with van der Waals surface area (Å²) in [6.45, 7) is 7.92. The molecule has 0 atom stereocenters. The van der Waals surface area contributed by atoms with E-state index < -0.39 is 0 Å². The average Bonchev–Trinajstić information content (AvgIpc) is 3.00. The second-order valence-electron chi connectivity index (χ2n) is 9.19. The largest absolute Gasteiger partial charge is 0.495 e. The maximum absolute atomic E-state index is 5.92. The number of aromatic nitrogens is 3. The first-order valence-electron chi connectivity index (χ1n) is 13.5. The third kappa shape index (κ3) is 6.30. The lowest BCUT2D eigenvalue weighted by Gasteiger charge is -2.18. The van der Waals surface area contributed by atoms with E-state index in [1.54, 1.807) is 13.3 Å². The van der Waals surface area contributed by atoms with Gasteiger partial charge in [0.25, 0.3) is 0 Å². The highest BCUT2D eigenvalue weighted by Crippen LogP contribution is 2.35. The molecule has 0 bridgehead atoms. The number of hydrogen-bond acceptors (Lipinski definition) is 8. The molecule has 0 saturated carbocycles. The van der Waals surface area contributed by atoms with Crippen LogP contribution in [0.3, 0.4) is 0 Å². The molecule has 5 aromatic rings. The van der Waals surface area contributed by atoms with Crippen LogP contribution in [-0.4, -0.2) is 53.2 Å². The van der Waals surface area contributed by atoms with Gasteiger partial charge in [0.05, 0.1) is 18.3 Å². The van der Waals surface area contributed by atoms with Gasteiger partial charge < -0.3 is 25.0 Å². The SMILES string of the molecule is CCN(CC)CCOc1ccc(Nc2ncc(-c3cccc4cccnc34)c(Nc3ccccc3OC)n2)cc1. The average molecular weight is 535 g/mol. The fourth-order valence-corrected chi connectivity index (χ4v) is 4.53. The molecule has 0 aliphatic heterocycles. The van der Waals surface area contributed by atoms with Crippen LogP contribution >= 0.6 is 0 Å². The van der Waals surface area contributed by atoms with Gasteiger partial charge in [-0.05, 0) is 55.6 Å². The van der Waals surface area contributed by atoms with Crippen LogP contribution < -0.4 is 20.1 Å². The number of ether oxygens (including phenoxy) is 2. The minimum atomic E-state index is 0.463. The number of fused-ring (bicyclic) bond motifs is 1. The van der Waals surface area contributed by atoms with Gasteiger partial charge in [-0.25, -0.2) is 4.98 Å². The van der Waals surface area contributed by atoms with Gasteiger partial charge >= 0.3 is 0 Å². The van der Waals surface area contributed by atoms with Gasteiger partial charge in [-0.1, -0.05) is 50.2 Å². The predicted octanol–water partition coefficient (Wildman–Crippen LogP) is 6.91. The van der Waals surface area contributed by atoms with E-state index in [1.165, 1.54) is 0 Å². The van der Waals surface area contributed by atoms with Crippen LogP contribution in [0.1, 0.15) is 13.8 Å². The summed E-state index contributed by atoms with van der Waals surface area (Å²) in [7, 11) is 1.65. The molecule has 0 aliphatic rings. The molecule has 2 heterocycles. The Morgan fingerprint density at radius 2 is 1.60 bits per heavy atom. The molecule has 0 radical (unpaired) electrons. The van der Waals surface area contributed by atoms with Crippen LogP contribution in [0.5, 0.6) is 11.5 Å². The lowest BCUT2D eigenvalue weighted by atomic mass is 10.0. The summed E-state index contributed by atoms with van der Waals surface area (Å²) in [4.78, 5) is 16.5. The summed E-state index contributed by atoms with van der Waals surface area (Å²) in [6, 6.07) is 25.7. The van der Waals surface area contributed by atoms with Crippen LogP contribution in [0.15, 0.2) is 91.3 Å². The Morgan fingerprint density at radius 1 is 0.800 bits per heavy atom. The molecule has 40 heavy (non-hydrogen) atoms. The summed E-state index contributed by atoms with van der Waals surface area (Å²) in [5.74, 6) is 2.64. The summed E-state index contributed by atoms with van der Waals surface area (Å²) in [6.07, 6.45) is 3.62. The second-order valence-corrected chi connectivity index (χ2v) is 9.19. The van der Waals surface area contributed by atoms with Crippen molar-refractivity contribution in [1.82, 2.24) is 19.9 Å². The van der Waals surface area contributed by atoms with Gasteiger partial charge in [0.15, 0.2) is 0 Å². The fourth-order valence-electron chi connectivity index (χ4n) is 4.53. The molecular weight excluding hydrogens is 500 g/mol. The number of anilines is 4. The number of rotatable bonds is 12. The Hall–Kier alpha value is -4.69. The van der Waals surface area contributed by atoms with Gasteiger partial charge in [-0.2, -0.15) is 4.98 Å². The third-order valence-corrected chi connectivity index (χ3v) is 6.75. The van der Waals surface area contributed by atoms with Crippen LogP contribution in [0.4, 0.5) is 23.1 Å². The summed E-state index contributed by atoms with van der Waals surface area (Å²) in [5.41, 5.74) is 4.31. The topological polar surface area (TPSA) is 84.4 Å². The van der Waals surface area contributed by atoms with E-state index in [1.807, 2.05) is 85.1 Å². The van der Waals surface area contributed by atoms with Crippen molar-refractivity contribution in [2.45, 2.75) is 13.8 Å². The van der Waals surface area contributed by atoms with Gasteiger partial charge in [0.1, 0.15) is 23.9 Å². The van der Waals surface area contributed by atoms with E-state index in [2.05, 4.69) is 39.3 Å². The normalized spacial score (nSPS) is 11.0. The number of nitrogens with zero attached hydrogens (tertiary/aromatic N) is 4. The quantitative estimate of drug-likeness (QED) is 0.179. The van der Waals surface area contributed by atoms with Crippen molar-refractivity contribution in [3.05, 3.63) is 91.3 Å². The number of pyridine rings is 1. The molecule has 5 rings (SSSR count). The van der Waals surface area contributed by atoms with Crippen LogP contribution in [0, 0.1) is 0 Å². The number of methoxy groups -OCH3 is 1. The zero-order valence-corrected chi connectivity index (χ0v) is 23.1. The maximum Gasteiger partial charge on any atom is 0.229 e. The molecule has 0 aliphatic carbocycles. The van der Waals surface area contributed by atoms with Gasteiger partial charge in [-0.15, -0.1) is 0 Å². The third-order valence-electron chi connectivity index (χ3n) is 6.75. The molecule has 2 aromatic heterocycles. The molecule has 0 spiro atoms. The highest BCUT2D eigenvalue weighted by Gasteiger charge is 2.15. The van der Waals surface area contributed by atoms with E-state index in [0.29, 0.717) is 24.1 Å². The van der Waals surface area contributed by atoms with E-state index in [9.17, 15) is 0 Å². The Kier molecular flexibility index (Phi) is 8.68. The van der Waals surface area contributed by atoms with Crippen LogP contribution in [-0.2, 0) is 0 Å². The summed E-state index contributed by atoms with van der Waals surface area (Å²) in [5, 5.41) is 7.83. The minimum Gasteiger partial charge on any atom is -0.495 e. The second kappa shape index (κ2) is 12.9. The number of para-hydroxylation sites is 3. The number of likely N-dealkylation sites (N-methyl/N-ethyl adjacent to an activating group) is 1. The first-order valence-corrected chi connectivity index (χ1v) is 13.5. The standard InChI is InChI=1S/C32H34N6O2/c1-4-38(5-2)20-21-40-25-17-15-24(16-18-25)35-32-34-22-27(26-12-8-10-23-11-9-19-33-30(23)26)31(37-32)36-28-13-6-7-14-29(28)39-3/h6-19,22H,4-5,20-21H2,1-3H3,(H2,34,35,36,37). The Morgan fingerprint density at radius 3 is 2.40 bits per heavy atom. The highest BCUT2D eigenvalue weighted by molar-refractivity contribution is 5.96. The van der Waals surface area contributed by atoms with Crippen molar-refractivity contribution in [3.63, 3.8) is 0 Å². The molecule has 0 saturated heterocycles. The number of benzene rings is 3. The minimum absolute atomic E-state index is 0.463. The molecular formula is C32H34N6O2. The summed E-state index contributed by atoms with van der Waals surface area (Å²) >= 11 is 0. The first kappa shape index (κ1) is 26.9. The van der Waals surface area contributed by atoms with E-state index in [4.69, 9.17) is 14.5 Å². The van der Waals surface area contributed by atoms with E-state index in [-0.39, 0.29) is 0 Å². The molecule has 8 nitrogen and oxygen atoms in total. The van der Waals surface area contributed by atoms with Crippen molar-refractivity contribution >= 4 is 34.0 Å². The monoisotopic (exact) mass is 534 g/mol. The predicted molar refractivity (Wildman–Crippen MR) is 162 cm³/mol. The van der Waals surface area contributed by atoms with Crippen molar-refractivity contribution < 1.29 is 9.47 Å². The van der Waals surface area contributed by atoms with Gasteiger partial charge in [0, 0.05) is 41.1 Å². The fraction of sp³-hybridized carbons (Fsp3) is 0.219. The number of hydrogen-bond donors (Lipinski definition) is 2. The molecule has 204 valence electrons. The smallest absolute Gasteiger partial charge is 0.229 e.